The summed E-state index contributed by atoms with van der Waals surface area (Å²) in [5.74, 6) is 0. The zero-order chi connectivity index (χ0) is 19.9. The molecule has 4 rings (SSSR count). The lowest BCUT2D eigenvalue weighted by Crippen LogP contribution is -2.46. The second-order valence-corrected chi connectivity index (χ2v) is 7.40. The van der Waals surface area contributed by atoms with Gasteiger partial charge in [0.25, 0.3) is 0 Å². The molecule has 2 saturated heterocycles. The van der Waals surface area contributed by atoms with Gasteiger partial charge in [0.1, 0.15) is 12.7 Å². The van der Waals surface area contributed by atoms with Crippen LogP contribution in [0.3, 0.4) is 0 Å². The number of benzene rings is 1. The van der Waals surface area contributed by atoms with Crippen LogP contribution < -0.4 is 5.32 Å². The molecule has 2 aromatic rings. The third kappa shape index (κ3) is 3.97. The maximum absolute atomic E-state index is 14.4. The first-order valence-corrected chi connectivity index (χ1v) is 9.33. The highest BCUT2D eigenvalue weighted by Crippen LogP contribution is 2.36. The maximum Gasteiger partial charge on any atom is 0.406 e. The summed E-state index contributed by atoms with van der Waals surface area (Å²) in [5, 5.41) is 3.81. The lowest BCUT2D eigenvalue weighted by molar-refractivity contribution is -0.142. The van der Waals surface area contributed by atoms with E-state index in [4.69, 9.17) is 9.47 Å². The van der Waals surface area contributed by atoms with Gasteiger partial charge in [0, 0.05) is 24.2 Å². The Morgan fingerprint density at radius 1 is 1.21 bits per heavy atom. The van der Waals surface area contributed by atoms with E-state index in [1.165, 1.54) is 4.57 Å². The fourth-order valence-electron chi connectivity index (χ4n) is 3.93. The zero-order valence-corrected chi connectivity index (χ0v) is 15.5. The molecular formula is C19H23F4N3O2. The van der Waals surface area contributed by atoms with Crippen molar-refractivity contribution in [2.45, 2.75) is 37.6 Å². The van der Waals surface area contributed by atoms with Gasteiger partial charge in [0.05, 0.1) is 30.5 Å². The smallest absolute Gasteiger partial charge is 0.379 e. The zero-order valence-electron chi connectivity index (χ0n) is 15.5. The predicted molar refractivity (Wildman–Crippen MR) is 97.1 cm³/mol. The molecule has 2 atom stereocenters. The molecule has 2 aliphatic heterocycles. The van der Waals surface area contributed by atoms with Gasteiger partial charge in [-0.3, -0.25) is 0 Å². The number of hydrogen-bond acceptors (Lipinski definition) is 4. The molecule has 5 nitrogen and oxygen atoms in total. The summed E-state index contributed by atoms with van der Waals surface area (Å²) in [5.41, 5.74) is 1.36. The molecular weight excluding hydrogens is 378 g/mol. The molecule has 0 spiro atoms. The summed E-state index contributed by atoms with van der Waals surface area (Å²) in [7, 11) is 1.87. The average Bonchev–Trinajstić information content (AvgIpc) is 3.25. The third-order valence-corrected chi connectivity index (χ3v) is 5.26. The van der Waals surface area contributed by atoms with Gasteiger partial charge in [0.2, 0.25) is 0 Å². The number of ether oxygens (including phenoxy) is 2. The predicted octanol–water partition coefficient (Wildman–Crippen LogP) is 3.70. The van der Waals surface area contributed by atoms with E-state index >= 15 is 0 Å². The second kappa shape index (κ2) is 7.53. The summed E-state index contributed by atoms with van der Waals surface area (Å²) in [4.78, 5) is 1.93. The lowest BCUT2D eigenvalue weighted by Gasteiger charge is -2.33. The Bertz CT molecular complexity index is 832. The molecule has 1 N–H and O–H groups in total. The number of hydrogen-bond donors (Lipinski definition) is 1. The molecule has 0 amide bonds. The third-order valence-electron chi connectivity index (χ3n) is 5.26. The first-order chi connectivity index (χ1) is 13.3. The number of likely N-dealkylation sites (tertiary alicyclic amines) is 1. The van der Waals surface area contributed by atoms with Gasteiger partial charge in [-0.1, -0.05) is 6.07 Å². The van der Waals surface area contributed by atoms with Crippen molar-refractivity contribution < 1.29 is 27.0 Å². The number of alkyl halides is 4. The van der Waals surface area contributed by atoms with Gasteiger partial charge in [-0.25, -0.2) is 4.39 Å². The molecule has 2 aliphatic rings. The molecule has 3 heterocycles. The topological polar surface area (TPSA) is 38.7 Å². The van der Waals surface area contributed by atoms with Crippen LogP contribution in [0.4, 0.5) is 23.2 Å². The normalized spacial score (nSPS) is 24.9. The molecule has 0 radical (unpaired) electrons. The summed E-state index contributed by atoms with van der Waals surface area (Å²) < 4.78 is 66.1. The second-order valence-electron chi connectivity index (χ2n) is 7.40. The first-order valence-electron chi connectivity index (χ1n) is 9.33. The van der Waals surface area contributed by atoms with E-state index in [9.17, 15) is 17.6 Å². The number of aromatic nitrogens is 1. The fourth-order valence-corrected chi connectivity index (χ4v) is 3.93. The Kier molecular flexibility index (Phi) is 5.24. The van der Waals surface area contributed by atoms with E-state index in [0.717, 1.165) is 6.54 Å². The van der Waals surface area contributed by atoms with Crippen molar-refractivity contribution in [1.82, 2.24) is 9.47 Å². The highest BCUT2D eigenvalue weighted by Gasteiger charge is 2.33. The Morgan fingerprint density at radius 3 is 2.64 bits per heavy atom. The van der Waals surface area contributed by atoms with Crippen molar-refractivity contribution in [2.75, 3.05) is 38.7 Å². The molecule has 1 aromatic heterocycles. The molecule has 154 valence electrons. The Hall–Kier alpha value is -1.84. The van der Waals surface area contributed by atoms with E-state index in [2.05, 4.69) is 5.32 Å². The molecule has 0 bridgehead atoms. The molecule has 0 unspecified atom stereocenters. The number of nitrogens with one attached hydrogen (secondary N) is 1. The Balaban J connectivity index is 1.71. The number of piperidine rings is 1. The quantitative estimate of drug-likeness (QED) is 0.793. The van der Waals surface area contributed by atoms with Crippen LogP contribution in [0.1, 0.15) is 18.4 Å². The highest BCUT2D eigenvalue weighted by atomic mass is 19.4. The van der Waals surface area contributed by atoms with Crippen LogP contribution in [0, 0.1) is 0 Å². The van der Waals surface area contributed by atoms with E-state index in [0.29, 0.717) is 48.5 Å². The number of anilines is 1. The van der Waals surface area contributed by atoms with Crippen LogP contribution in [0.5, 0.6) is 0 Å². The number of rotatable bonds is 4. The molecule has 2 fully saturated rings. The maximum atomic E-state index is 14.4. The van der Waals surface area contributed by atoms with Crippen molar-refractivity contribution in [1.29, 1.82) is 0 Å². The summed E-state index contributed by atoms with van der Waals surface area (Å²) in [6.45, 7) is 0.624. The average molecular weight is 401 g/mol. The van der Waals surface area contributed by atoms with Crippen molar-refractivity contribution in [3.8, 4) is 0 Å². The standard InChI is InChI=1S/C19H23F4N3O2/c1-25-6-5-15(13(20)10-25)24-14-3-2-4-16-12(14)9-17(18-27-7-8-28-18)26(16)11-19(21,22)23/h2-4,9,13,15,18,24H,5-8,10-11H2,1H3/t13-,15+/m0/s1. The van der Waals surface area contributed by atoms with Crippen LogP contribution in [-0.2, 0) is 16.0 Å². The van der Waals surface area contributed by atoms with Crippen molar-refractivity contribution in [2.24, 2.45) is 0 Å². The minimum absolute atomic E-state index is 0.319. The van der Waals surface area contributed by atoms with E-state index < -0.39 is 25.2 Å². The molecule has 1 aromatic carbocycles. The van der Waals surface area contributed by atoms with Gasteiger partial charge in [-0.15, -0.1) is 0 Å². The van der Waals surface area contributed by atoms with Gasteiger partial charge in [0.15, 0.2) is 6.29 Å². The van der Waals surface area contributed by atoms with E-state index in [1.54, 1.807) is 24.3 Å². The Labute approximate surface area is 160 Å². The largest absolute Gasteiger partial charge is 0.406 e. The summed E-state index contributed by atoms with van der Waals surface area (Å²) >= 11 is 0. The minimum atomic E-state index is -4.39. The van der Waals surface area contributed by atoms with Crippen LogP contribution in [0.25, 0.3) is 10.9 Å². The SMILES string of the molecule is CN1CC[C@@H](Nc2cccc3c2cc(C2OCCO2)n3CC(F)(F)F)[C@@H](F)C1. The van der Waals surface area contributed by atoms with Gasteiger partial charge < -0.3 is 24.3 Å². The van der Waals surface area contributed by atoms with Crippen molar-refractivity contribution in [3.63, 3.8) is 0 Å². The lowest BCUT2D eigenvalue weighted by atomic mass is 10.0. The number of halogens is 4. The van der Waals surface area contributed by atoms with Crippen molar-refractivity contribution in [3.05, 3.63) is 30.0 Å². The van der Waals surface area contributed by atoms with Crippen LogP contribution in [0.2, 0.25) is 0 Å². The highest BCUT2D eigenvalue weighted by molar-refractivity contribution is 5.93. The van der Waals surface area contributed by atoms with Crippen LogP contribution in [0.15, 0.2) is 24.3 Å². The van der Waals surface area contributed by atoms with Gasteiger partial charge >= 0.3 is 6.18 Å². The molecule has 9 heteroatoms. The number of nitrogens with zero attached hydrogens (tertiary/aromatic N) is 2. The van der Waals surface area contributed by atoms with E-state index in [-0.39, 0.29) is 6.04 Å². The molecule has 28 heavy (non-hydrogen) atoms. The van der Waals surface area contributed by atoms with Crippen LogP contribution in [-0.4, -0.2) is 61.2 Å². The van der Waals surface area contributed by atoms with E-state index in [1.807, 2.05) is 11.9 Å². The summed E-state index contributed by atoms with van der Waals surface area (Å²) in [6, 6.07) is 6.36. The van der Waals surface area contributed by atoms with Gasteiger partial charge in [-0.05, 0) is 31.7 Å². The Morgan fingerprint density at radius 2 is 1.96 bits per heavy atom. The minimum Gasteiger partial charge on any atom is -0.379 e. The fraction of sp³-hybridized carbons (Fsp3) is 0.579. The van der Waals surface area contributed by atoms with Crippen molar-refractivity contribution >= 4 is 16.6 Å². The summed E-state index contributed by atoms with van der Waals surface area (Å²) in [6.07, 6.45) is -5.65. The van der Waals surface area contributed by atoms with Gasteiger partial charge in [-0.2, -0.15) is 13.2 Å². The molecule has 0 saturated carbocycles. The number of fused-ring (bicyclic) bond motifs is 1. The monoisotopic (exact) mass is 401 g/mol. The van der Waals surface area contributed by atoms with Crippen LogP contribution >= 0.6 is 0 Å². The molecule has 0 aliphatic carbocycles. The first kappa shape index (κ1) is 19.5.